The maximum absolute atomic E-state index is 4.03. The van der Waals surface area contributed by atoms with Crippen LogP contribution in [0.25, 0.3) is 0 Å². The minimum atomic E-state index is 0.159. The van der Waals surface area contributed by atoms with Crippen molar-refractivity contribution in [3.05, 3.63) is 41.7 Å². The maximum atomic E-state index is 4.03. The molecule has 1 fully saturated rings. The van der Waals surface area contributed by atoms with Gasteiger partial charge in [-0.3, -0.25) is 0 Å². The van der Waals surface area contributed by atoms with Crippen LogP contribution in [0.3, 0.4) is 0 Å². The summed E-state index contributed by atoms with van der Waals surface area (Å²) >= 11 is 0. The van der Waals surface area contributed by atoms with Crippen LogP contribution in [-0.2, 0) is 0 Å². The quantitative estimate of drug-likeness (QED) is 0.897. The van der Waals surface area contributed by atoms with Gasteiger partial charge in [-0.1, -0.05) is 35.5 Å². The zero-order valence-electron chi connectivity index (χ0n) is 11.8. The van der Waals surface area contributed by atoms with Crippen LogP contribution in [0.1, 0.15) is 56.0 Å². The van der Waals surface area contributed by atoms with E-state index in [9.17, 15) is 0 Å². The monoisotopic (exact) mass is 271 g/mol. The van der Waals surface area contributed by atoms with E-state index in [1.54, 1.807) is 0 Å². The van der Waals surface area contributed by atoms with Gasteiger partial charge in [0.05, 0.1) is 6.04 Å². The lowest BCUT2D eigenvalue weighted by molar-refractivity contribution is 0.318. The van der Waals surface area contributed by atoms with E-state index in [2.05, 4.69) is 63.2 Å². The van der Waals surface area contributed by atoms with Crippen LogP contribution >= 0.6 is 0 Å². The zero-order chi connectivity index (χ0) is 13.8. The van der Waals surface area contributed by atoms with Gasteiger partial charge in [-0.2, -0.15) is 5.21 Å². The van der Waals surface area contributed by atoms with Crippen molar-refractivity contribution < 1.29 is 0 Å². The largest absolute Gasteiger partial charge is 0.305 e. The van der Waals surface area contributed by atoms with Gasteiger partial charge in [0, 0.05) is 6.04 Å². The molecular weight excluding hydrogens is 250 g/mol. The molecule has 106 valence electrons. The van der Waals surface area contributed by atoms with E-state index in [4.69, 9.17) is 0 Å². The maximum Gasteiger partial charge on any atom is 0.191 e. The van der Waals surface area contributed by atoms with E-state index in [0.717, 1.165) is 11.7 Å². The Morgan fingerprint density at radius 1 is 1.15 bits per heavy atom. The molecule has 5 heteroatoms. The summed E-state index contributed by atoms with van der Waals surface area (Å²) < 4.78 is 0. The molecule has 0 amide bonds. The highest BCUT2D eigenvalue weighted by Crippen LogP contribution is 2.33. The second kappa shape index (κ2) is 6.13. The van der Waals surface area contributed by atoms with Crippen LogP contribution in [-0.4, -0.2) is 26.7 Å². The number of tetrazole rings is 1. The first-order chi connectivity index (χ1) is 9.83. The molecule has 1 aromatic heterocycles. The topological polar surface area (TPSA) is 66.5 Å². The van der Waals surface area contributed by atoms with Crippen molar-refractivity contribution in [3.8, 4) is 0 Å². The number of hydrogen-bond acceptors (Lipinski definition) is 4. The first-order valence-electron chi connectivity index (χ1n) is 7.37. The molecule has 0 spiro atoms. The number of hydrogen-bond donors (Lipinski definition) is 2. The predicted octanol–water partition coefficient (Wildman–Crippen LogP) is 2.58. The van der Waals surface area contributed by atoms with E-state index >= 15 is 0 Å². The molecule has 3 rings (SSSR count). The smallest absolute Gasteiger partial charge is 0.191 e. The molecule has 0 saturated heterocycles. The Hall–Kier alpha value is -1.75. The van der Waals surface area contributed by atoms with Gasteiger partial charge in [0.2, 0.25) is 0 Å². The van der Waals surface area contributed by atoms with Crippen molar-refractivity contribution in [1.29, 1.82) is 0 Å². The Morgan fingerprint density at radius 2 is 1.90 bits per heavy atom. The van der Waals surface area contributed by atoms with Crippen LogP contribution in [0.5, 0.6) is 0 Å². The Bertz CT molecular complexity index is 502. The molecule has 2 N–H and O–H groups in total. The minimum absolute atomic E-state index is 0.159. The summed E-state index contributed by atoms with van der Waals surface area (Å²) in [5.74, 6) is 1.46. The predicted molar refractivity (Wildman–Crippen MR) is 77.2 cm³/mol. The fourth-order valence-electron chi connectivity index (χ4n) is 3.10. The van der Waals surface area contributed by atoms with Crippen molar-refractivity contribution in [2.75, 3.05) is 0 Å². The summed E-state index contributed by atoms with van der Waals surface area (Å²) in [6.45, 7) is 2.09. The standard InChI is InChI=1S/C15H21N5/c1-11(15-17-19-20-18-15)16-14-9-7-13(8-10-14)12-5-3-2-4-6-12/h2-6,11,13-14,16H,7-10H2,1H3,(H,17,18,19,20). The number of aromatic amines is 1. The van der Waals surface area contributed by atoms with Crippen molar-refractivity contribution in [2.45, 2.75) is 50.6 Å². The summed E-state index contributed by atoms with van der Waals surface area (Å²) in [7, 11) is 0. The van der Waals surface area contributed by atoms with Gasteiger partial charge >= 0.3 is 0 Å². The van der Waals surface area contributed by atoms with Gasteiger partial charge in [0.1, 0.15) is 0 Å². The number of rotatable bonds is 4. The van der Waals surface area contributed by atoms with Crippen LogP contribution in [0.15, 0.2) is 30.3 Å². The molecule has 0 radical (unpaired) electrons. The summed E-state index contributed by atoms with van der Waals surface area (Å²) in [5.41, 5.74) is 1.48. The second-order valence-electron chi connectivity index (χ2n) is 5.62. The molecule has 1 heterocycles. The minimum Gasteiger partial charge on any atom is -0.305 e. The normalized spacial score (nSPS) is 24.4. The molecular formula is C15H21N5. The van der Waals surface area contributed by atoms with E-state index in [0.29, 0.717) is 6.04 Å². The Morgan fingerprint density at radius 3 is 2.55 bits per heavy atom. The molecule has 1 aliphatic rings. The lowest BCUT2D eigenvalue weighted by atomic mass is 9.81. The summed E-state index contributed by atoms with van der Waals surface area (Å²) in [6, 6.07) is 11.6. The lowest BCUT2D eigenvalue weighted by Gasteiger charge is -2.30. The van der Waals surface area contributed by atoms with Crippen molar-refractivity contribution in [3.63, 3.8) is 0 Å². The molecule has 1 aliphatic carbocycles. The molecule has 2 aromatic rings. The number of nitrogens with one attached hydrogen (secondary N) is 2. The number of aromatic nitrogens is 4. The number of benzene rings is 1. The summed E-state index contributed by atoms with van der Waals surface area (Å²) in [5, 5.41) is 17.8. The van der Waals surface area contributed by atoms with Crippen LogP contribution in [0.4, 0.5) is 0 Å². The average Bonchev–Trinajstić information content (AvgIpc) is 3.03. The van der Waals surface area contributed by atoms with Crippen LogP contribution in [0, 0.1) is 0 Å². The molecule has 20 heavy (non-hydrogen) atoms. The van der Waals surface area contributed by atoms with Gasteiger partial charge < -0.3 is 5.32 Å². The highest BCUT2D eigenvalue weighted by atomic mass is 15.5. The van der Waals surface area contributed by atoms with E-state index in [1.165, 1.54) is 31.2 Å². The van der Waals surface area contributed by atoms with Gasteiger partial charge in [-0.05, 0) is 44.1 Å². The van der Waals surface area contributed by atoms with Gasteiger partial charge in [-0.15, -0.1) is 10.2 Å². The first-order valence-corrected chi connectivity index (χ1v) is 7.37. The third-order valence-electron chi connectivity index (χ3n) is 4.23. The highest BCUT2D eigenvalue weighted by Gasteiger charge is 2.24. The van der Waals surface area contributed by atoms with Crippen molar-refractivity contribution in [1.82, 2.24) is 25.9 Å². The molecule has 0 bridgehead atoms. The number of H-pyrrole nitrogens is 1. The zero-order valence-corrected chi connectivity index (χ0v) is 11.8. The van der Waals surface area contributed by atoms with Gasteiger partial charge in [0.15, 0.2) is 5.82 Å². The van der Waals surface area contributed by atoms with E-state index in [-0.39, 0.29) is 6.04 Å². The van der Waals surface area contributed by atoms with Gasteiger partial charge in [0.25, 0.3) is 0 Å². The first kappa shape index (κ1) is 13.2. The Kier molecular flexibility index (Phi) is 4.06. The van der Waals surface area contributed by atoms with Crippen molar-refractivity contribution >= 4 is 0 Å². The summed E-state index contributed by atoms with van der Waals surface area (Å²) in [6.07, 6.45) is 4.92. The van der Waals surface area contributed by atoms with Crippen LogP contribution in [0.2, 0.25) is 0 Å². The third-order valence-corrected chi connectivity index (χ3v) is 4.23. The molecule has 5 nitrogen and oxygen atoms in total. The van der Waals surface area contributed by atoms with Gasteiger partial charge in [-0.25, -0.2) is 0 Å². The highest BCUT2D eigenvalue weighted by molar-refractivity contribution is 5.20. The third kappa shape index (κ3) is 3.04. The molecule has 1 atom stereocenters. The fraction of sp³-hybridized carbons (Fsp3) is 0.533. The average molecular weight is 271 g/mol. The lowest BCUT2D eigenvalue weighted by Crippen LogP contribution is -2.35. The number of nitrogens with zero attached hydrogens (tertiary/aromatic N) is 3. The van der Waals surface area contributed by atoms with E-state index in [1.807, 2.05) is 0 Å². The Balaban J connectivity index is 1.51. The molecule has 0 aliphatic heterocycles. The van der Waals surface area contributed by atoms with Crippen molar-refractivity contribution in [2.24, 2.45) is 0 Å². The second-order valence-corrected chi connectivity index (χ2v) is 5.62. The SMILES string of the molecule is CC(NC1CCC(c2ccccc2)CC1)c1nn[nH]n1. The Labute approximate surface area is 119 Å². The van der Waals surface area contributed by atoms with Crippen LogP contribution < -0.4 is 5.32 Å². The fourth-order valence-corrected chi connectivity index (χ4v) is 3.10. The van der Waals surface area contributed by atoms with E-state index < -0.39 is 0 Å². The molecule has 1 unspecified atom stereocenters. The molecule has 1 saturated carbocycles. The summed E-state index contributed by atoms with van der Waals surface area (Å²) in [4.78, 5) is 0. The molecule has 1 aromatic carbocycles.